The molecule has 1 atom stereocenters. The lowest BCUT2D eigenvalue weighted by atomic mass is 10.1. The molecule has 0 amide bonds. The van der Waals surface area contributed by atoms with E-state index in [4.69, 9.17) is 14.2 Å². The molecule has 1 unspecified atom stereocenters. The highest BCUT2D eigenvalue weighted by molar-refractivity contribution is 5.78. The first-order valence-electron chi connectivity index (χ1n) is 6.79. The van der Waals surface area contributed by atoms with Crippen LogP contribution in [0.15, 0.2) is 18.2 Å². The number of methoxy groups -OCH3 is 2. The second kappa shape index (κ2) is 8.43. The molecule has 1 N–H and O–H groups in total. The van der Waals surface area contributed by atoms with Gasteiger partial charge >= 0.3 is 5.97 Å². The average molecular weight is 281 g/mol. The van der Waals surface area contributed by atoms with Gasteiger partial charge in [-0.25, -0.2) is 4.79 Å². The largest absolute Gasteiger partial charge is 0.497 e. The molecule has 0 spiro atoms. The maximum atomic E-state index is 12.1. The zero-order valence-corrected chi connectivity index (χ0v) is 12.6. The number of rotatable bonds is 8. The van der Waals surface area contributed by atoms with Crippen molar-refractivity contribution in [1.82, 2.24) is 5.32 Å². The molecule has 0 radical (unpaired) electrons. The Morgan fingerprint density at radius 1 is 1.15 bits per heavy atom. The molecule has 20 heavy (non-hydrogen) atoms. The lowest BCUT2D eigenvalue weighted by molar-refractivity contribution is -0.145. The second-order valence-electron chi connectivity index (χ2n) is 4.29. The van der Waals surface area contributed by atoms with Crippen LogP contribution in [0.2, 0.25) is 0 Å². The van der Waals surface area contributed by atoms with Crippen LogP contribution in [0, 0.1) is 0 Å². The van der Waals surface area contributed by atoms with Crippen LogP contribution in [0.1, 0.15) is 31.9 Å². The van der Waals surface area contributed by atoms with E-state index in [1.54, 1.807) is 27.2 Å². The van der Waals surface area contributed by atoms with Gasteiger partial charge in [0.1, 0.15) is 17.5 Å². The van der Waals surface area contributed by atoms with Crippen molar-refractivity contribution in [3.8, 4) is 11.5 Å². The summed E-state index contributed by atoms with van der Waals surface area (Å²) in [5.74, 6) is 0.996. The van der Waals surface area contributed by atoms with E-state index >= 15 is 0 Å². The van der Waals surface area contributed by atoms with Crippen LogP contribution in [-0.4, -0.2) is 33.3 Å². The van der Waals surface area contributed by atoms with Gasteiger partial charge < -0.3 is 19.5 Å². The average Bonchev–Trinajstić information content (AvgIpc) is 2.47. The van der Waals surface area contributed by atoms with Gasteiger partial charge in [-0.3, -0.25) is 0 Å². The SMILES string of the molecule is CCCNC(C(=O)OCC)c1cc(OC)cc(OC)c1. The van der Waals surface area contributed by atoms with Crippen molar-refractivity contribution in [2.24, 2.45) is 0 Å². The Bertz CT molecular complexity index is 412. The molecule has 5 nitrogen and oxygen atoms in total. The topological polar surface area (TPSA) is 56.8 Å². The van der Waals surface area contributed by atoms with Crippen LogP contribution in [0.4, 0.5) is 0 Å². The highest BCUT2D eigenvalue weighted by atomic mass is 16.5. The number of nitrogens with one attached hydrogen (secondary N) is 1. The summed E-state index contributed by atoms with van der Waals surface area (Å²) >= 11 is 0. The fraction of sp³-hybridized carbons (Fsp3) is 0.533. The molecular weight excluding hydrogens is 258 g/mol. The van der Waals surface area contributed by atoms with Crippen molar-refractivity contribution >= 4 is 5.97 Å². The third-order valence-electron chi connectivity index (χ3n) is 2.83. The van der Waals surface area contributed by atoms with E-state index in [-0.39, 0.29) is 5.97 Å². The number of carbonyl (C=O) groups excluding carboxylic acids is 1. The Hall–Kier alpha value is -1.75. The van der Waals surface area contributed by atoms with E-state index < -0.39 is 6.04 Å². The van der Waals surface area contributed by atoms with Crippen molar-refractivity contribution in [2.75, 3.05) is 27.4 Å². The maximum Gasteiger partial charge on any atom is 0.327 e. The first kappa shape index (κ1) is 16.3. The molecule has 1 aromatic carbocycles. The van der Waals surface area contributed by atoms with Gasteiger partial charge in [0.25, 0.3) is 0 Å². The Morgan fingerprint density at radius 2 is 1.75 bits per heavy atom. The van der Waals surface area contributed by atoms with Crippen molar-refractivity contribution < 1.29 is 19.0 Å². The summed E-state index contributed by atoms with van der Waals surface area (Å²) in [7, 11) is 3.16. The van der Waals surface area contributed by atoms with E-state index in [1.807, 2.05) is 19.1 Å². The van der Waals surface area contributed by atoms with Crippen molar-refractivity contribution in [3.63, 3.8) is 0 Å². The van der Waals surface area contributed by atoms with E-state index in [1.165, 1.54) is 0 Å². The molecule has 0 bridgehead atoms. The van der Waals surface area contributed by atoms with Gasteiger partial charge in [-0.15, -0.1) is 0 Å². The minimum absolute atomic E-state index is 0.295. The number of esters is 1. The smallest absolute Gasteiger partial charge is 0.327 e. The second-order valence-corrected chi connectivity index (χ2v) is 4.29. The summed E-state index contributed by atoms with van der Waals surface area (Å²) in [4.78, 5) is 12.1. The number of hydrogen-bond acceptors (Lipinski definition) is 5. The quantitative estimate of drug-likeness (QED) is 0.741. The molecule has 0 aliphatic carbocycles. The third kappa shape index (κ3) is 4.42. The van der Waals surface area contributed by atoms with Gasteiger partial charge in [-0.2, -0.15) is 0 Å². The minimum atomic E-state index is -0.515. The summed E-state index contributed by atoms with van der Waals surface area (Å²) < 4.78 is 15.6. The molecule has 1 rings (SSSR count). The number of benzene rings is 1. The highest BCUT2D eigenvalue weighted by Gasteiger charge is 2.22. The fourth-order valence-electron chi connectivity index (χ4n) is 1.85. The van der Waals surface area contributed by atoms with Crippen molar-refractivity contribution in [3.05, 3.63) is 23.8 Å². The summed E-state index contributed by atoms with van der Waals surface area (Å²) in [5, 5.41) is 3.19. The molecule has 112 valence electrons. The Kier molecular flexibility index (Phi) is 6.87. The molecular formula is C15H23NO4. The van der Waals surface area contributed by atoms with Crippen LogP contribution in [0.3, 0.4) is 0 Å². The zero-order valence-electron chi connectivity index (χ0n) is 12.6. The standard InChI is InChI=1S/C15H23NO4/c1-5-7-16-14(15(17)20-6-2)11-8-12(18-3)10-13(9-11)19-4/h8-10,14,16H,5-7H2,1-4H3. The predicted molar refractivity (Wildman–Crippen MR) is 77.2 cm³/mol. The molecule has 0 saturated heterocycles. The molecule has 0 aromatic heterocycles. The monoisotopic (exact) mass is 281 g/mol. The van der Waals surface area contributed by atoms with E-state index in [2.05, 4.69) is 5.32 Å². The van der Waals surface area contributed by atoms with E-state index in [0.717, 1.165) is 18.5 Å². The maximum absolute atomic E-state index is 12.1. The van der Waals surface area contributed by atoms with Crippen molar-refractivity contribution in [2.45, 2.75) is 26.3 Å². The predicted octanol–water partition coefficient (Wildman–Crippen LogP) is 2.31. The molecule has 0 aliphatic heterocycles. The lowest BCUT2D eigenvalue weighted by Crippen LogP contribution is -2.30. The van der Waals surface area contributed by atoms with E-state index in [9.17, 15) is 4.79 Å². The van der Waals surface area contributed by atoms with Gasteiger partial charge in [-0.1, -0.05) is 6.92 Å². The Balaban J connectivity index is 3.07. The van der Waals surface area contributed by atoms with Gasteiger partial charge in [0.2, 0.25) is 0 Å². The molecule has 0 fully saturated rings. The van der Waals surface area contributed by atoms with Crippen LogP contribution in [0.25, 0.3) is 0 Å². The Labute approximate surface area is 120 Å². The normalized spacial score (nSPS) is 11.8. The molecule has 0 aliphatic rings. The minimum Gasteiger partial charge on any atom is -0.497 e. The summed E-state index contributed by atoms with van der Waals surface area (Å²) in [6.07, 6.45) is 0.928. The van der Waals surface area contributed by atoms with Gasteiger partial charge in [0, 0.05) is 6.07 Å². The first-order chi connectivity index (χ1) is 9.65. The summed E-state index contributed by atoms with van der Waals surface area (Å²) in [5.41, 5.74) is 0.771. The molecule has 1 aromatic rings. The van der Waals surface area contributed by atoms with Crippen LogP contribution in [0.5, 0.6) is 11.5 Å². The lowest BCUT2D eigenvalue weighted by Gasteiger charge is -2.18. The zero-order chi connectivity index (χ0) is 15.0. The molecule has 0 heterocycles. The number of hydrogen-bond donors (Lipinski definition) is 1. The first-order valence-corrected chi connectivity index (χ1v) is 6.79. The van der Waals surface area contributed by atoms with Crippen molar-refractivity contribution in [1.29, 1.82) is 0 Å². The van der Waals surface area contributed by atoms with Crippen LogP contribution >= 0.6 is 0 Å². The third-order valence-corrected chi connectivity index (χ3v) is 2.83. The molecule has 5 heteroatoms. The fourth-order valence-corrected chi connectivity index (χ4v) is 1.85. The van der Waals surface area contributed by atoms with Crippen LogP contribution < -0.4 is 14.8 Å². The van der Waals surface area contributed by atoms with Gasteiger partial charge in [-0.05, 0) is 37.6 Å². The number of ether oxygens (including phenoxy) is 3. The summed E-state index contributed by atoms with van der Waals surface area (Å²) in [6.45, 7) is 4.91. The van der Waals surface area contributed by atoms with Crippen LogP contribution in [-0.2, 0) is 9.53 Å². The summed E-state index contributed by atoms with van der Waals surface area (Å²) in [6, 6.07) is 4.88. The van der Waals surface area contributed by atoms with Gasteiger partial charge in [0.05, 0.1) is 20.8 Å². The van der Waals surface area contributed by atoms with E-state index in [0.29, 0.717) is 18.1 Å². The molecule has 0 saturated carbocycles. The van der Waals surface area contributed by atoms with Gasteiger partial charge in [0.15, 0.2) is 0 Å². The highest BCUT2D eigenvalue weighted by Crippen LogP contribution is 2.27. The Morgan fingerprint density at radius 3 is 2.20 bits per heavy atom. The number of carbonyl (C=O) groups is 1.